The minimum absolute atomic E-state index is 0.123. The number of hydrogen-bond acceptors (Lipinski definition) is 5. The summed E-state index contributed by atoms with van der Waals surface area (Å²) >= 11 is 9.64. The Kier molecular flexibility index (Phi) is 10.4. The molecule has 1 saturated heterocycles. The largest absolute Gasteiger partial charge is 0.493 e. The number of rotatable bonds is 13. The van der Waals surface area contributed by atoms with Gasteiger partial charge in [-0.15, -0.1) is 0 Å². The van der Waals surface area contributed by atoms with Crippen LogP contribution in [0.4, 0.5) is 0 Å². The molecule has 0 spiro atoms. The quantitative estimate of drug-likeness (QED) is 0.197. The summed E-state index contributed by atoms with van der Waals surface area (Å²) in [6, 6.07) is 15.6. The van der Waals surface area contributed by atoms with Gasteiger partial charge in [0.25, 0.3) is 0 Å². The Morgan fingerprint density at radius 3 is 2.49 bits per heavy atom. The SMILES string of the molecule is O=C(NCCCCOc1cc(/C=C/c2ccc(Cl)cc2Br)cc(OCCc2ccncc2)c1)C1CNC1. The maximum atomic E-state index is 11.9. The van der Waals surface area contributed by atoms with Gasteiger partial charge in [-0.25, -0.2) is 0 Å². The molecule has 4 rings (SSSR count). The zero-order valence-corrected chi connectivity index (χ0v) is 22.9. The standard InChI is InChI=1S/C29H31BrClN3O3/c30-28-17-25(31)6-5-23(28)4-3-22-15-26(36-13-2-1-10-34-29(35)24-19-33-20-24)18-27(16-22)37-14-9-21-7-11-32-12-8-21/h3-8,11-12,15-18,24,33H,1-2,9-10,13-14,19-20H2,(H,34,35)/b4-3+. The highest BCUT2D eigenvalue weighted by Gasteiger charge is 2.23. The van der Waals surface area contributed by atoms with E-state index in [0.29, 0.717) is 24.8 Å². The molecule has 1 amide bonds. The van der Waals surface area contributed by atoms with Gasteiger partial charge < -0.3 is 20.1 Å². The second-order valence-corrected chi connectivity index (χ2v) is 10.2. The Morgan fingerprint density at radius 1 is 1.03 bits per heavy atom. The number of unbranched alkanes of at least 4 members (excludes halogenated alkanes) is 1. The third-order valence-electron chi connectivity index (χ3n) is 6.02. The van der Waals surface area contributed by atoms with Crippen LogP contribution in [-0.2, 0) is 11.2 Å². The average molecular weight is 585 g/mol. The molecule has 0 saturated carbocycles. The fourth-order valence-electron chi connectivity index (χ4n) is 3.76. The molecule has 0 radical (unpaired) electrons. The van der Waals surface area contributed by atoms with Gasteiger partial charge in [0.15, 0.2) is 0 Å². The van der Waals surface area contributed by atoms with Crippen molar-refractivity contribution in [3.8, 4) is 11.5 Å². The van der Waals surface area contributed by atoms with Gasteiger partial charge in [0.1, 0.15) is 11.5 Å². The van der Waals surface area contributed by atoms with Gasteiger partial charge in [-0.05, 0) is 65.9 Å². The lowest BCUT2D eigenvalue weighted by Crippen LogP contribution is -2.50. The minimum atomic E-state index is 0.123. The fourth-order valence-corrected chi connectivity index (χ4v) is 4.58. The molecule has 0 bridgehead atoms. The summed E-state index contributed by atoms with van der Waals surface area (Å²) < 4.78 is 13.1. The molecule has 1 aromatic heterocycles. The number of hydrogen-bond donors (Lipinski definition) is 2. The molecule has 3 aromatic rings. The van der Waals surface area contributed by atoms with E-state index >= 15 is 0 Å². The van der Waals surface area contributed by atoms with Gasteiger partial charge in [-0.3, -0.25) is 9.78 Å². The van der Waals surface area contributed by atoms with E-state index in [1.54, 1.807) is 12.4 Å². The van der Waals surface area contributed by atoms with Crippen LogP contribution in [0.5, 0.6) is 11.5 Å². The van der Waals surface area contributed by atoms with Crippen molar-refractivity contribution in [3.05, 3.63) is 87.1 Å². The van der Waals surface area contributed by atoms with Crippen LogP contribution < -0.4 is 20.1 Å². The van der Waals surface area contributed by atoms with Crippen LogP contribution in [0, 0.1) is 5.92 Å². The number of carbonyl (C=O) groups excluding carboxylic acids is 1. The summed E-state index contributed by atoms with van der Waals surface area (Å²) in [5.74, 6) is 1.76. The maximum absolute atomic E-state index is 11.9. The highest BCUT2D eigenvalue weighted by molar-refractivity contribution is 9.10. The average Bonchev–Trinajstić information content (AvgIpc) is 2.85. The molecule has 2 N–H and O–H groups in total. The first-order valence-corrected chi connectivity index (χ1v) is 13.6. The second kappa shape index (κ2) is 14.2. The molecule has 0 atom stereocenters. The number of benzene rings is 2. The molecule has 6 nitrogen and oxygen atoms in total. The molecular weight excluding hydrogens is 554 g/mol. The van der Waals surface area contributed by atoms with E-state index in [9.17, 15) is 4.79 Å². The highest BCUT2D eigenvalue weighted by atomic mass is 79.9. The van der Waals surface area contributed by atoms with Crippen LogP contribution in [0.3, 0.4) is 0 Å². The van der Waals surface area contributed by atoms with Crippen molar-refractivity contribution in [2.45, 2.75) is 19.3 Å². The Bertz CT molecular complexity index is 1200. The van der Waals surface area contributed by atoms with Crippen molar-refractivity contribution in [3.63, 3.8) is 0 Å². The Labute approximate surface area is 231 Å². The summed E-state index contributed by atoms with van der Waals surface area (Å²) in [6.45, 7) is 3.34. The molecule has 0 unspecified atom stereocenters. The van der Waals surface area contributed by atoms with Gasteiger partial charge in [-0.1, -0.05) is 45.7 Å². The van der Waals surface area contributed by atoms with Crippen LogP contribution in [0.1, 0.15) is 29.5 Å². The number of aromatic nitrogens is 1. The normalized spacial score (nSPS) is 13.4. The lowest BCUT2D eigenvalue weighted by atomic mass is 10.0. The molecule has 37 heavy (non-hydrogen) atoms. The number of carbonyl (C=O) groups is 1. The molecular formula is C29H31BrClN3O3. The van der Waals surface area contributed by atoms with E-state index in [1.165, 1.54) is 5.56 Å². The third kappa shape index (κ3) is 8.88. The van der Waals surface area contributed by atoms with Crippen molar-refractivity contribution < 1.29 is 14.3 Å². The van der Waals surface area contributed by atoms with Gasteiger partial charge in [0, 0.05) is 54.0 Å². The fraction of sp³-hybridized carbons (Fsp3) is 0.310. The number of nitrogens with zero attached hydrogens (tertiary/aromatic N) is 1. The van der Waals surface area contributed by atoms with Crippen LogP contribution in [0.25, 0.3) is 12.2 Å². The Hall–Kier alpha value is -2.87. The van der Waals surface area contributed by atoms with Gasteiger partial charge in [0.05, 0.1) is 19.1 Å². The van der Waals surface area contributed by atoms with E-state index < -0.39 is 0 Å². The molecule has 0 aliphatic carbocycles. The number of halogens is 2. The second-order valence-electron chi connectivity index (χ2n) is 8.89. The van der Waals surface area contributed by atoms with Crippen molar-refractivity contribution in [1.82, 2.24) is 15.6 Å². The van der Waals surface area contributed by atoms with Gasteiger partial charge >= 0.3 is 0 Å². The lowest BCUT2D eigenvalue weighted by Gasteiger charge is -2.25. The minimum Gasteiger partial charge on any atom is -0.493 e. The zero-order valence-electron chi connectivity index (χ0n) is 20.6. The van der Waals surface area contributed by atoms with Crippen LogP contribution in [-0.4, -0.2) is 43.7 Å². The first kappa shape index (κ1) is 27.2. The van der Waals surface area contributed by atoms with E-state index in [1.807, 2.05) is 60.7 Å². The summed E-state index contributed by atoms with van der Waals surface area (Å²) in [7, 11) is 0. The Morgan fingerprint density at radius 2 is 1.78 bits per heavy atom. The number of nitrogens with one attached hydrogen (secondary N) is 2. The van der Waals surface area contributed by atoms with Crippen molar-refractivity contribution >= 4 is 45.6 Å². The number of pyridine rings is 1. The highest BCUT2D eigenvalue weighted by Crippen LogP contribution is 2.27. The van der Waals surface area contributed by atoms with Crippen molar-refractivity contribution in [1.29, 1.82) is 0 Å². The molecule has 2 heterocycles. The summed E-state index contributed by atoms with van der Waals surface area (Å²) in [5, 5.41) is 6.80. The first-order valence-electron chi connectivity index (χ1n) is 12.5. The van der Waals surface area contributed by atoms with E-state index in [0.717, 1.165) is 59.5 Å². The molecule has 1 fully saturated rings. The third-order valence-corrected chi connectivity index (χ3v) is 6.94. The predicted octanol–water partition coefficient (Wildman–Crippen LogP) is 5.78. The van der Waals surface area contributed by atoms with Gasteiger partial charge in [-0.2, -0.15) is 0 Å². The number of ether oxygens (including phenoxy) is 2. The molecule has 1 aliphatic heterocycles. The number of amides is 1. The lowest BCUT2D eigenvalue weighted by molar-refractivity contribution is -0.126. The molecule has 8 heteroatoms. The molecule has 194 valence electrons. The summed E-state index contributed by atoms with van der Waals surface area (Å²) in [4.78, 5) is 16.0. The van der Waals surface area contributed by atoms with Crippen molar-refractivity contribution in [2.24, 2.45) is 5.92 Å². The predicted molar refractivity (Wildman–Crippen MR) is 152 cm³/mol. The Balaban J connectivity index is 1.34. The molecule has 2 aromatic carbocycles. The zero-order chi connectivity index (χ0) is 25.9. The monoisotopic (exact) mass is 583 g/mol. The summed E-state index contributed by atoms with van der Waals surface area (Å²) in [6.07, 6.45) is 10.1. The van der Waals surface area contributed by atoms with E-state index in [4.69, 9.17) is 21.1 Å². The van der Waals surface area contributed by atoms with Crippen LogP contribution in [0.15, 0.2) is 65.4 Å². The maximum Gasteiger partial charge on any atom is 0.225 e. The van der Waals surface area contributed by atoms with Crippen LogP contribution >= 0.6 is 27.5 Å². The van der Waals surface area contributed by atoms with E-state index in [-0.39, 0.29) is 11.8 Å². The van der Waals surface area contributed by atoms with E-state index in [2.05, 4.69) is 31.5 Å². The van der Waals surface area contributed by atoms with Gasteiger partial charge in [0.2, 0.25) is 5.91 Å². The summed E-state index contributed by atoms with van der Waals surface area (Å²) in [5.41, 5.74) is 3.17. The smallest absolute Gasteiger partial charge is 0.225 e. The first-order chi connectivity index (χ1) is 18.1. The van der Waals surface area contributed by atoms with Crippen LogP contribution in [0.2, 0.25) is 5.02 Å². The van der Waals surface area contributed by atoms with Crippen molar-refractivity contribution in [2.75, 3.05) is 32.8 Å². The molecule has 1 aliphatic rings. The topological polar surface area (TPSA) is 72.5 Å².